The standard InChI is InChI=1S/C40H62N4O6/c1-36(2)26-30(41-22-13-9-11-16-32(41)45)27-37(3,4)43(36)24-20-40(35(49)50,19-15-18-34(47)48)21-25-44-38(5,6)28-31(29-39(44,7)8)42-23-14-10-12-17-33(42)46/h9-14,16-17,30-31H,15,18-29H2,1-8H3,(H,47,48)(H,49,50). The number of aliphatic carboxylic acids is 2. The molecule has 0 atom stereocenters. The Morgan fingerprint density at radius 2 is 1.04 bits per heavy atom. The average Bonchev–Trinajstić information content (AvgIpc) is 3.33. The molecule has 10 heteroatoms. The lowest BCUT2D eigenvalue weighted by atomic mass is 9.71. The van der Waals surface area contributed by atoms with Gasteiger partial charge < -0.3 is 20.0 Å². The van der Waals surface area contributed by atoms with Crippen molar-refractivity contribution in [3.05, 3.63) is 48.6 Å². The van der Waals surface area contributed by atoms with Crippen molar-refractivity contribution < 1.29 is 29.4 Å². The van der Waals surface area contributed by atoms with Gasteiger partial charge >= 0.3 is 11.9 Å². The number of rotatable bonds is 13. The molecule has 10 nitrogen and oxygen atoms in total. The number of carboxylic acids is 2. The third-order valence-corrected chi connectivity index (χ3v) is 12.0. The molecule has 0 aliphatic carbocycles. The van der Waals surface area contributed by atoms with E-state index in [9.17, 15) is 29.4 Å². The molecule has 0 bridgehead atoms. The highest BCUT2D eigenvalue weighted by molar-refractivity contribution is 5.89. The second kappa shape index (κ2) is 15.2. The molecule has 0 saturated carbocycles. The zero-order valence-electron chi connectivity index (χ0n) is 31.8. The van der Waals surface area contributed by atoms with Gasteiger partial charge in [-0.25, -0.2) is 0 Å². The minimum Gasteiger partial charge on any atom is -0.481 e. The molecule has 0 spiro atoms. The maximum Gasteiger partial charge on any atom is 0.309 e. The van der Waals surface area contributed by atoms with Crippen molar-refractivity contribution in [3.63, 3.8) is 0 Å². The Hall–Kier alpha value is -3.24. The van der Waals surface area contributed by atoms with Crippen molar-refractivity contribution in [1.82, 2.24) is 19.6 Å². The highest BCUT2D eigenvalue weighted by atomic mass is 16.4. The lowest BCUT2D eigenvalue weighted by Crippen LogP contribution is -2.65. The van der Waals surface area contributed by atoms with E-state index in [1.807, 2.05) is 34.1 Å². The van der Waals surface area contributed by atoms with E-state index in [-0.39, 0.29) is 58.9 Å². The van der Waals surface area contributed by atoms with E-state index in [2.05, 4.69) is 65.2 Å². The first-order valence-electron chi connectivity index (χ1n) is 18.5. The summed E-state index contributed by atoms with van der Waals surface area (Å²) in [5.74, 6) is -1.75. The predicted molar refractivity (Wildman–Crippen MR) is 197 cm³/mol. The van der Waals surface area contributed by atoms with Crippen LogP contribution in [0.2, 0.25) is 0 Å². The minimum absolute atomic E-state index is 0.0185. The quantitative estimate of drug-likeness (QED) is 0.239. The fourth-order valence-corrected chi connectivity index (χ4v) is 9.92. The molecule has 50 heavy (non-hydrogen) atoms. The number of hydrogen-bond acceptors (Lipinski definition) is 6. The third-order valence-electron chi connectivity index (χ3n) is 12.0. The topological polar surface area (TPSA) is 122 Å². The Bertz CT molecular complexity index is 1280. The molecule has 2 fully saturated rings. The molecule has 0 aromatic carbocycles. The van der Waals surface area contributed by atoms with Crippen molar-refractivity contribution >= 4 is 23.8 Å². The first-order chi connectivity index (χ1) is 23.2. The van der Waals surface area contributed by atoms with Crippen molar-refractivity contribution in [1.29, 1.82) is 0 Å². The van der Waals surface area contributed by atoms with Gasteiger partial charge in [0, 0.05) is 79.0 Å². The predicted octanol–water partition coefficient (Wildman–Crippen LogP) is 6.04. The van der Waals surface area contributed by atoms with E-state index in [1.54, 1.807) is 24.3 Å². The van der Waals surface area contributed by atoms with Gasteiger partial charge in [0.15, 0.2) is 0 Å². The molecule has 0 radical (unpaired) electrons. The fourth-order valence-electron chi connectivity index (χ4n) is 9.92. The van der Waals surface area contributed by atoms with Crippen LogP contribution < -0.4 is 0 Å². The number of amides is 2. The monoisotopic (exact) mass is 694 g/mol. The SMILES string of the molecule is CC1(C)CC(N2CC=CC=CC2=O)CC(C)(C)N1CCC(CCCC(=O)O)(CCN1C(C)(C)CC(N2CC=CC=CC2=O)CC1(C)C)C(=O)O. The maximum absolute atomic E-state index is 13.4. The fraction of sp³-hybridized carbons (Fsp3) is 0.700. The largest absolute Gasteiger partial charge is 0.481 e. The number of carbonyl (C=O) groups excluding carboxylic acids is 2. The van der Waals surface area contributed by atoms with Crippen LogP contribution in [-0.4, -0.2) is 114 Å². The molecule has 2 N–H and O–H groups in total. The number of carboxylic acid groups (broad SMARTS) is 2. The molecule has 0 aromatic heterocycles. The third kappa shape index (κ3) is 8.97. The van der Waals surface area contributed by atoms with E-state index in [0.717, 1.165) is 25.7 Å². The Balaban J connectivity index is 1.55. The summed E-state index contributed by atoms with van der Waals surface area (Å²) in [5, 5.41) is 20.5. The summed E-state index contributed by atoms with van der Waals surface area (Å²) in [5.41, 5.74) is -2.34. The second-order valence-corrected chi connectivity index (χ2v) is 17.6. The van der Waals surface area contributed by atoms with Gasteiger partial charge in [0.05, 0.1) is 5.41 Å². The summed E-state index contributed by atoms with van der Waals surface area (Å²) < 4.78 is 0. The smallest absolute Gasteiger partial charge is 0.309 e. The molecular formula is C40H62N4O6. The van der Waals surface area contributed by atoms with E-state index >= 15 is 0 Å². The van der Waals surface area contributed by atoms with E-state index in [4.69, 9.17) is 0 Å². The lowest BCUT2D eigenvalue weighted by molar-refractivity contribution is -0.155. The normalized spacial score (nSPS) is 24.4. The maximum atomic E-state index is 13.4. The van der Waals surface area contributed by atoms with Crippen LogP contribution in [0.5, 0.6) is 0 Å². The summed E-state index contributed by atoms with van der Waals surface area (Å²) in [6, 6.07) is 0.111. The van der Waals surface area contributed by atoms with Gasteiger partial charge in [-0.2, -0.15) is 0 Å². The first kappa shape index (κ1) is 39.5. The highest BCUT2D eigenvalue weighted by Gasteiger charge is 2.51. The van der Waals surface area contributed by atoms with Crippen LogP contribution in [0.15, 0.2) is 48.6 Å². The van der Waals surface area contributed by atoms with Crippen LogP contribution in [0.4, 0.5) is 0 Å². The second-order valence-electron chi connectivity index (χ2n) is 17.6. The van der Waals surface area contributed by atoms with Gasteiger partial charge in [0.25, 0.3) is 0 Å². The summed E-state index contributed by atoms with van der Waals surface area (Å²) in [6.07, 6.45) is 19.1. The summed E-state index contributed by atoms with van der Waals surface area (Å²) in [4.78, 5) is 59.7. The Labute approximate surface area is 299 Å². The van der Waals surface area contributed by atoms with Crippen molar-refractivity contribution in [2.45, 2.75) is 147 Å². The van der Waals surface area contributed by atoms with Crippen LogP contribution >= 0.6 is 0 Å². The van der Waals surface area contributed by atoms with Crippen molar-refractivity contribution in [3.8, 4) is 0 Å². The molecule has 4 rings (SSSR count). The Morgan fingerprint density at radius 3 is 1.38 bits per heavy atom. The molecular weight excluding hydrogens is 632 g/mol. The van der Waals surface area contributed by atoms with Crippen LogP contribution in [0.25, 0.3) is 0 Å². The van der Waals surface area contributed by atoms with Gasteiger partial charge in [-0.05, 0) is 107 Å². The first-order valence-corrected chi connectivity index (χ1v) is 18.5. The van der Waals surface area contributed by atoms with Crippen molar-refractivity contribution in [2.24, 2.45) is 5.41 Å². The van der Waals surface area contributed by atoms with Crippen LogP contribution in [0.1, 0.15) is 113 Å². The highest BCUT2D eigenvalue weighted by Crippen LogP contribution is 2.45. The molecule has 278 valence electrons. The lowest BCUT2D eigenvalue weighted by Gasteiger charge is -2.58. The van der Waals surface area contributed by atoms with Gasteiger partial charge in [-0.3, -0.25) is 29.0 Å². The molecule has 2 amide bonds. The van der Waals surface area contributed by atoms with Crippen LogP contribution in [-0.2, 0) is 19.2 Å². The Kier molecular flexibility index (Phi) is 12.0. The number of carbonyl (C=O) groups is 4. The number of piperidine rings is 2. The summed E-state index contributed by atoms with van der Waals surface area (Å²) in [7, 11) is 0. The Morgan fingerprint density at radius 1 is 0.660 bits per heavy atom. The summed E-state index contributed by atoms with van der Waals surface area (Å²) >= 11 is 0. The molecule has 4 aliphatic heterocycles. The number of nitrogens with zero attached hydrogens (tertiary/aromatic N) is 4. The molecule has 0 aromatic rings. The molecule has 2 saturated heterocycles. The number of allylic oxidation sites excluding steroid dienone is 4. The van der Waals surface area contributed by atoms with E-state index in [1.165, 1.54) is 0 Å². The van der Waals surface area contributed by atoms with Crippen LogP contribution in [0, 0.1) is 5.41 Å². The molecule has 0 unspecified atom stereocenters. The van der Waals surface area contributed by atoms with Crippen molar-refractivity contribution in [2.75, 3.05) is 26.2 Å². The number of hydrogen-bond donors (Lipinski definition) is 2. The van der Waals surface area contributed by atoms with Gasteiger partial charge in [0.1, 0.15) is 0 Å². The van der Waals surface area contributed by atoms with E-state index < -0.39 is 17.4 Å². The number of likely N-dealkylation sites (tertiary alicyclic amines) is 2. The molecule has 4 aliphatic rings. The van der Waals surface area contributed by atoms with Gasteiger partial charge in [0.2, 0.25) is 11.8 Å². The molecule has 4 heterocycles. The average molecular weight is 695 g/mol. The van der Waals surface area contributed by atoms with Gasteiger partial charge in [-0.15, -0.1) is 0 Å². The van der Waals surface area contributed by atoms with Gasteiger partial charge in [-0.1, -0.05) is 36.5 Å². The zero-order valence-corrected chi connectivity index (χ0v) is 31.8. The van der Waals surface area contributed by atoms with E-state index in [0.29, 0.717) is 45.4 Å². The zero-order chi connectivity index (χ0) is 37.1. The minimum atomic E-state index is -1.12. The van der Waals surface area contributed by atoms with Crippen LogP contribution in [0.3, 0.4) is 0 Å². The summed E-state index contributed by atoms with van der Waals surface area (Å²) in [6.45, 7) is 19.8.